The van der Waals surface area contributed by atoms with E-state index in [1.54, 1.807) is 6.08 Å². The Kier molecular flexibility index (Phi) is 5.92. The van der Waals surface area contributed by atoms with Crippen molar-refractivity contribution >= 4 is 12.0 Å². The number of carbonyl (C=O) groups is 1. The van der Waals surface area contributed by atoms with Crippen LogP contribution in [0, 0.1) is 0 Å². The molecule has 0 spiro atoms. The van der Waals surface area contributed by atoms with Crippen LogP contribution in [0.25, 0.3) is 6.08 Å². The zero-order valence-corrected chi connectivity index (χ0v) is 12.6. The van der Waals surface area contributed by atoms with E-state index >= 15 is 0 Å². The Hall–Kier alpha value is -2.39. The number of benzene rings is 2. The number of aliphatic carboxylic acids is 1. The van der Waals surface area contributed by atoms with Crippen molar-refractivity contribution in [2.75, 3.05) is 6.61 Å². The van der Waals surface area contributed by atoms with Crippen molar-refractivity contribution in [3.63, 3.8) is 0 Å². The SMILES string of the molecule is CC(COCc1ccccc1)c1ccc(/C=C/C(=O)O)cc1. The monoisotopic (exact) mass is 296 g/mol. The van der Waals surface area contributed by atoms with E-state index in [9.17, 15) is 4.79 Å². The third-order valence-corrected chi connectivity index (χ3v) is 3.40. The molecule has 0 aromatic heterocycles. The summed E-state index contributed by atoms with van der Waals surface area (Å²) in [4.78, 5) is 10.5. The van der Waals surface area contributed by atoms with Gasteiger partial charge >= 0.3 is 5.97 Å². The van der Waals surface area contributed by atoms with Crippen LogP contribution in [-0.4, -0.2) is 17.7 Å². The van der Waals surface area contributed by atoms with E-state index in [-0.39, 0.29) is 0 Å². The lowest BCUT2D eigenvalue weighted by Gasteiger charge is -2.13. The topological polar surface area (TPSA) is 46.5 Å². The van der Waals surface area contributed by atoms with Crippen LogP contribution < -0.4 is 0 Å². The summed E-state index contributed by atoms with van der Waals surface area (Å²) < 4.78 is 5.75. The average Bonchev–Trinajstić information content (AvgIpc) is 2.54. The normalized spacial score (nSPS) is 12.4. The van der Waals surface area contributed by atoms with Gasteiger partial charge in [0.15, 0.2) is 0 Å². The Morgan fingerprint density at radius 3 is 2.45 bits per heavy atom. The van der Waals surface area contributed by atoms with Crippen molar-refractivity contribution < 1.29 is 14.6 Å². The van der Waals surface area contributed by atoms with Crippen LogP contribution in [0.5, 0.6) is 0 Å². The largest absolute Gasteiger partial charge is 0.478 e. The van der Waals surface area contributed by atoms with Gasteiger partial charge in [-0.2, -0.15) is 0 Å². The van der Waals surface area contributed by atoms with Gasteiger partial charge in [-0.25, -0.2) is 4.79 Å². The molecule has 2 aromatic carbocycles. The van der Waals surface area contributed by atoms with E-state index in [2.05, 4.69) is 6.92 Å². The molecule has 0 amide bonds. The van der Waals surface area contributed by atoms with Gasteiger partial charge in [0.05, 0.1) is 13.2 Å². The number of rotatable bonds is 7. The van der Waals surface area contributed by atoms with Crippen molar-refractivity contribution in [3.8, 4) is 0 Å². The first kappa shape index (κ1) is 16.0. The van der Waals surface area contributed by atoms with Gasteiger partial charge in [0.25, 0.3) is 0 Å². The van der Waals surface area contributed by atoms with Crippen LogP contribution in [0.1, 0.15) is 29.5 Å². The molecule has 2 rings (SSSR count). The fraction of sp³-hybridized carbons (Fsp3) is 0.211. The second kappa shape index (κ2) is 8.15. The molecule has 0 aliphatic carbocycles. The lowest BCUT2D eigenvalue weighted by molar-refractivity contribution is -0.131. The predicted octanol–water partition coefficient (Wildman–Crippen LogP) is 4.10. The van der Waals surface area contributed by atoms with Gasteiger partial charge < -0.3 is 9.84 Å². The minimum Gasteiger partial charge on any atom is -0.478 e. The highest BCUT2D eigenvalue weighted by atomic mass is 16.5. The van der Waals surface area contributed by atoms with Gasteiger partial charge in [-0.1, -0.05) is 61.5 Å². The summed E-state index contributed by atoms with van der Waals surface area (Å²) in [6.45, 7) is 3.39. The van der Waals surface area contributed by atoms with E-state index in [1.165, 1.54) is 11.1 Å². The van der Waals surface area contributed by atoms with Gasteiger partial charge in [0.1, 0.15) is 0 Å². The fourth-order valence-corrected chi connectivity index (χ4v) is 2.13. The van der Waals surface area contributed by atoms with Crippen LogP contribution in [-0.2, 0) is 16.1 Å². The molecule has 114 valence electrons. The standard InChI is InChI=1S/C19H20O3/c1-15(13-22-14-17-5-3-2-4-6-17)18-10-7-16(8-11-18)9-12-19(20)21/h2-12,15H,13-14H2,1H3,(H,20,21)/b12-9+. The first-order valence-electron chi connectivity index (χ1n) is 7.28. The van der Waals surface area contributed by atoms with Crippen LogP contribution >= 0.6 is 0 Å². The molecule has 1 N–H and O–H groups in total. The van der Waals surface area contributed by atoms with Crippen LogP contribution in [0.2, 0.25) is 0 Å². The summed E-state index contributed by atoms with van der Waals surface area (Å²) in [7, 11) is 0. The van der Waals surface area contributed by atoms with Crippen molar-refractivity contribution in [2.45, 2.75) is 19.4 Å². The average molecular weight is 296 g/mol. The molecule has 0 heterocycles. The van der Waals surface area contributed by atoms with Gasteiger partial charge in [-0.3, -0.25) is 0 Å². The predicted molar refractivity (Wildman–Crippen MR) is 87.6 cm³/mol. The molecule has 0 saturated heterocycles. The fourth-order valence-electron chi connectivity index (χ4n) is 2.13. The van der Waals surface area contributed by atoms with Crippen molar-refractivity contribution in [3.05, 3.63) is 77.4 Å². The van der Waals surface area contributed by atoms with E-state index in [0.717, 1.165) is 11.6 Å². The van der Waals surface area contributed by atoms with E-state index in [0.29, 0.717) is 19.1 Å². The molecule has 0 aliphatic rings. The summed E-state index contributed by atoms with van der Waals surface area (Å²) in [6.07, 6.45) is 2.73. The molecular weight excluding hydrogens is 276 g/mol. The smallest absolute Gasteiger partial charge is 0.328 e. The minimum absolute atomic E-state index is 0.293. The van der Waals surface area contributed by atoms with Crippen molar-refractivity contribution in [1.29, 1.82) is 0 Å². The highest BCUT2D eigenvalue weighted by molar-refractivity contribution is 5.85. The summed E-state index contributed by atoms with van der Waals surface area (Å²) in [6, 6.07) is 18.0. The van der Waals surface area contributed by atoms with E-state index < -0.39 is 5.97 Å². The maximum atomic E-state index is 10.5. The van der Waals surface area contributed by atoms with Crippen LogP contribution in [0.3, 0.4) is 0 Å². The Morgan fingerprint density at radius 2 is 1.82 bits per heavy atom. The summed E-state index contributed by atoms with van der Waals surface area (Å²) in [5.74, 6) is -0.645. The zero-order valence-electron chi connectivity index (χ0n) is 12.6. The zero-order chi connectivity index (χ0) is 15.8. The molecule has 0 saturated carbocycles. The Balaban J connectivity index is 1.84. The van der Waals surface area contributed by atoms with Gasteiger partial charge in [0.2, 0.25) is 0 Å². The first-order chi connectivity index (χ1) is 10.6. The quantitative estimate of drug-likeness (QED) is 0.782. The molecule has 1 atom stereocenters. The molecule has 1 unspecified atom stereocenters. The number of carboxylic acid groups (broad SMARTS) is 1. The summed E-state index contributed by atoms with van der Waals surface area (Å²) in [5, 5.41) is 8.61. The van der Waals surface area contributed by atoms with Gasteiger partial charge in [0, 0.05) is 12.0 Å². The molecule has 0 aliphatic heterocycles. The highest BCUT2D eigenvalue weighted by Crippen LogP contribution is 2.17. The third kappa shape index (κ3) is 5.19. The molecule has 0 fully saturated rings. The maximum absolute atomic E-state index is 10.5. The molecule has 22 heavy (non-hydrogen) atoms. The lowest BCUT2D eigenvalue weighted by atomic mass is 10.0. The Morgan fingerprint density at radius 1 is 1.14 bits per heavy atom. The second-order valence-corrected chi connectivity index (χ2v) is 5.24. The number of hydrogen-bond acceptors (Lipinski definition) is 2. The third-order valence-electron chi connectivity index (χ3n) is 3.40. The Labute approximate surface area is 130 Å². The van der Waals surface area contributed by atoms with Crippen LogP contribution in [0.15, 0.2) is 60.7 Å². The molecule has 3 heteroatoms. The number of ether oxygens (including phenoxy) is 1. The molecular formula is C19H20O3. The highest BCUT2D eigenvalue weighted by Gasteiger charge is 2.05. The first-order valence-corrected chi connectivity index (χ1v) is 7.28. The van der Waals surface area contributed by atoms with Gasteiger partial charge in [-0.05, 0) is 22.8 Å². The van der Waals surface area contributed by atoms with E-state index in [4.69, 9.17) is 9.84 Å². The van der Waals surface area contributed by atoms with Crippen LogP contribution in [0.4, 0.5) is 0 Å². The Bertz CT molecular complexity index is 615. The summed E-state index contributed by atoms with van der Waals surface area (Å²) >= 11 is 0. The molecule has 0 bridgehead atoms. The minimum atomic E-state index is -0.938. The maximum Gasteiger partial charge on any atom is 0.328 e. The number of carboxylic acids is 1. The lowest BCUT2D eigenvalue weighted by Crippen LogP contribution is -2.04. The van der Waals surface area contributed by atoms with Crippen molar-refractivity contribution in [1.82, 2.24) is 0 Å². The summed E-state index contributed by atoms with van der Waals surface area (Å²) in [5.41, 5.74) is 3.23. The molecule has 3 nitrogen and oxygen atoms in total. The number of hydrogen-bond donors (Lipinski definition) is 1. The van der Waals surface area contributed by atoms with E-state index in [1.807, 2.05) is 54.6 Å². The molecule has 0 radical (unpaired) electrons. The second-order valence-electron chi connectivity index (χ2n) is 5.24. The van der Waals surface area contributed by atoms with Crippen molar-refractivity contribution in [2.24, 2.45) is 0 Å². The van der Waals surface area contributed by atoms with Gasteiger partial charge in [-0.15, -0.1) is 0 Å². The molecule has 2 aromatic rings.